The average molecular weight is 377 g/mol. The van der Waals surface area contributed by atoms with E-state index >= 15 is 0 Å². The lowest BCUT2D eigenvalue weighted by atomic mass is 10.1. The van der Waals surface area contributed by atoms with E-state index in [0.717, 1.165) is 12.0 Å². The molecule has 0 bridgehead atoms. The molecule has 0 atom stereocenters. The molecule has 2 N–H and O–H groups in total. The standard InChI is InChI=1S/C21H28N2O2.ClH/c1-17(2)25-16-19-8-10-20(11-9-19)21(24)23(15-13-22)14-12-18-6-4-3-5-7-18;/h3-11,17H,12-16,22H2,1-2H3;1H. The van der Waals surface area contributed by atoms with Crippen LogP contribution in [0.25, 0.3) is 0 Å². The smallest absolute Gasteiger partial charge is 0.253 e. The molecule has 1 amide bonds. The second-order valence-electron chi connectivity index (χ2n) is 6.37. The van der Waals surface area contributed by atoms with E-state index in [9.17, 15) is 4.79 Å². The van der Waals surface area contributed by atoms with Crippen LogP contribution in [0.4, 0.5) is 0 Å². The number of nitrogens with zero attached hydrogens (tertiary/aromatic N) is 1. The van der Waals surface area contributed by atoms with Gasteiger partial charge in [0, 0.05) is 25.2 Å². The second-order valence-corrected chi connectivity index (χ2v) is 6.37. The van der Waals surface area contributed by atoms with E-state index in [-0.39, 0.29) is 24.4 Å². The van der Waals surface area contributed by atoms with E-state index in [1.807, 2.05) is 61.2 Å². The molecule has 0 saturated heterocycles. The van der Waals surface area contributed by atoms with Gasteiger partial charge in [-0.05, 0) is 43.5 Å². The Morgan fingerprint density at radius 1 is 1.00 bits per heavy atom. The van der Waals surface area contributed by atoms with Crippen molar-refractivity contribution >= 4 is 18.3 Å². The van der Waals surface area contributed by atoms with Crippen LogP contribution >= 0.6 is 12.4 Å². The molecule has 5 heteroatoms. The first-order valence-electron chi connectivity index (χ1n) is 8.84. The number of nitrogens with two attached hydrogens (primary N) is 1. The SMILES string of the molecule is CC(C)OCc1ccc(C(=O)N(CCN)CCc2ccccc2)cc1.Cl. The lowest BCUT2D eigenvalue weighted by Crippen LogP contribution is -2.36. The molecule has 2 rings (SSSR count). The van der Waals surface area contributed by atoms with Crippen LogP contribution in [-0.4, -0.2) is 36.5 Å². The normalized spacial score (nSPS) is 10.5. The number of halogens is 1. The third-order valence-corrected chi connectivity index (χ3v) is 3.98. The minimum absolute atomic E-state index is 0. The first-order valence-corrected chi connectivity index (χ1v) is 8.84. The molecule has 2 aromatic carbocycles. The quantitative estimate of drug-likeness (QED) is 0.726. The number of rotatable bonds is 9. The van der Waals surface area contributed by atoms with E-state index < -0.39 is 0 Å². The molecule has 142 valence electrons. The summed E-state index contributed by atoms with van der Waals surface area (Å²) in [5.74, 6) is 0.0257. The first kappa shape index (κ1) is 22.2. The third kappa shape index (κ3) is 7.16. The second kappa shape index (κ2) is 11.7. The Labute approximate surface area is 162 Å². The highest BCUT2D eigenvalue weighted by molar-refractivity contribution is 5.94. The van der Waals surface area contributed by atoms with Gasteiger partial charge in [-0.3, -0.25) is 4.79 Å². The Hall–Kier alpha value is -1.88. The van der Waals surface area contributed by atoms with E-state index in [1.165, 1.54) is 5.56 Å². The lowest BCUT2D eigenvalue weighted by molar-refractivity contribution is 0.0656. The topological polar surface area (TPSA) is 55.6 Å². The van der Waals surface area contributed by atoms with Gasteiger partial charge in [-0.1, -0.05) is 42.5 Å². The zero-order valence-corrected chi connectivity index (χ0v) is 16.4. The van der Waals surface area contributed by atoms with E-state index in [0.29, 0.717) is 31.8 Å². The molecule has 0 fully saturated rings. The van der Waals surface area contributed by atoms with Crippen LogP contribution in [0.3, 0.4) is 0 Å². The van der Waals surface area contributed by atoms with Crippen molar-refractivity contribution in [2.45, 2.75) is 33.0 Å². The first-order chi connectivity index (χ1) is 12.1. The largest absolute Gasteiger partial charge is 0.374 e. The minimum Gasteiger partial charge on any atom is -0.374 e. The highest BCUT2D eigenvalue weighted by Crippen LogP contribution is 2.11. The van der Waals surface area contributed by atoms with Gasteiger partial charge in [0.2, 0.25) is 0 Å². The lowest BCUT2D eigenvalue weighted by Gasteiger charge is -2.22. The zero-order valence-electron chi connectivity index (χ0n) is 15.6. The maximum atomic E-state index is 12.8. The Kier molecular flexibility index (Phi) is 9.96. The Balaban J connectivity index is 0.00000338. The number of carbonyl (C=O) groups is 1. The van der Waals surface area contributed by atoms with E-state index in [1.54, 1.807) is 0 Å². The highest BCUT2D eigenvalue weighted by Gasteiger charge is 2.15. The fraction of sp³-hybridized carbons (Fsp3) is 0.381. The summed E-state index contributed by atoms with van der Waals surface area (Å²) in [6, 6.07) is 17.8. The predicted molar refractivity (Wildman–Crippen MR) is 109 cm³/mol. The summed E-state index contributed by atoms with van der Waals surface area (Å²) >= 11 is 0. The molecule has 4 nitrogen and oxygen atoms in total. The Morgan fingerprint density at radius 3 is 2.23 bits per heavy atom. The van der Waals surface area contributed by atoms with Gasteiger partial charge in [-0.15, -0.1) is 12.4 Å². The molecule has 0 radical (unpaired) electrons. The number of ether oxygens (including phenoxy) is 1. The van der Waals surface area contributed by atoms with Crippen molar-refractivity contribution in [1.82, 2.24) is 4.90 Å². The van der Waals surface area contributed by atoms with Gasteiger partial charge in [0.25, 0.3) is 5.91 Å². The van der Waals surface area contributed by atoms with Crippen LogP contribution in [0.2, 0.25) is 0 Å². The van der Waals surface area contributed by atoms with Crippen molar-refractivity contribution in [2.24, 2.45) is 5.73 Å². The summed E-state index contributed by atoms with van der Waals surface area (Å²) in [6.07, 6.45) is 1.02. The third-order valence-electron chi connectivity index (χ3n) is 3.98. The summed E-state index contributed by atoms with van der Waals surface area (Å²) in [5.41, 5.74) is 8.68. The van der Waals surface area contributed by atoms with Crippen LogP contribution in [0, 0.1) is 0 Å². The number of benzene rings is 2. The molecule has 0 aliphatic heterocycles. The van der Waals surface area contributed by atoms with Crippen molar-refractivity contribution in [3.63, 3.8) is 0 Å². The van der Waals surface area contributed by atoms with Gasteiger partial charge in [-0.25, -0.2) is 0 Å². The predicted octanol–water partition coefficient (Wildman–Crippen LogP) is 3.68. The molecule has 0 unspecified atom stereocenters. The number of amides is 1. The molecule has 0 spiro atoms. The van der Waals surface area contributed by atoms with Gasteiger partial charge in [-0.2, -0.15) is 0 Å². The van der Waals surface area contributed by atoms with Crippen LogP contribution in [0.5, 0.6) is 0 Å². The fourth-order valence-corrected chi connectivity index (χ4v) is 2.57. The fourth-order valence-electron chi connectivity index (χ4n) is 2.57. The zero-order chi connectivity index (χ0) is 18.1. The molecular formula is C21H29ClN2O2. The van der Waals surface area contributed by atoms with Crippen LogP contribution in [0.15, 0.2) is 54.6 Å². The van der Waals surface area contributed by atoms with Gasteiger partial charge < -0.3 is 15.4 Å². The minimum atomic E-state index is 0. The van der Waals surface area contributed by atoms with Gasteiger partial charge in [0.05, 0.1) is 12.7 Å². The summed E-state index contributed by atoms with van der Waals surface area (Å²) in [7, 11) is 0. The number of hydrogen-bond donors (Lipinski definition) is 1. The van der Waals surface area contributed by atoms with Crippen molar-refractivity contribution in [3.05, 3.63) is 71.3 Å². The monoisotopic (exact) mass is 376 g/mol. The number of hydrogen-bond acceptors (Lipinski definition) is 3. The molecule has 0 heterocycles. The molecule has 2 aromatic rings. The highest BCUT2D eigenvalue weighted by atomic mass is 35.5. The molecule has 26 heavy (non-hydrogen) atoms. The van der Waals surface area contributed by atoms with Crippen LogP contribution in [-0.2, 0) is 17.8 Å². The summed E-state index contributed by atoms with van der Waals surface area (Å²) < 4.78 is 5.59. The van der Waals surface area contributed by atoms with Crippen molar-refractivity contribution in [1.29, 1.82) is 0 Å². The molecular weight excluding hydrogens is 348 g/mol. The summed E-state index contributed by atoms with van der Waals surface area (Å²) in [6.45, 7) is 6.26. The van der Waals surface area contributed by atoms with Crippen molar-refractivity contribution in [2.75, 3.05) is 19.6 Å². The van der Waals surface area contributed by atoms with E-state index in [4.69, 9.17) is 10.5 Å². The van der Waals surface area contributed by atoms with E-state index in [2.05, 4.69) is 12.1 Å². The van der Waals surface area contributed by atoms with Crippen LogP contribution in [0.1, 0.15) is 35.3 Å². The van der Waals surface area contributed by atoms with Crippen molar-refractivity contribution in [3.8, 4) is 0 Å². The summed E-state index contributed by atoms with van der Waals surface area (Å²) in [4.78, 5) is 14.6. The molecule has 0 saturated carbocycles. The van der Waals surface area contributed by atoms with Gasteiger partial charge >= 0.3 is 0 Å². The average Bonchev–Trinajstić information content (AvgIpc) is 2.64. The van der Waals surface area contributed by atoms with Crippen molar-refractivity contribution < 1.29 is 9.53 Å². The maximum absolute atomic E-state index is 12.8. The molecule has 0 aliphatic rings. The van der Waals surface area contributed by atoms with Gasteiger partial charge in [0.15, 0.2) is 0 Å². The molecule has 0 aromatic heterocycles. The Bertz CT molecular complexity index is 645. The summed E-state index contributed by atoms with van der Waals surface area (Å²) in [5, 5.41) is 0. The van der Waals surface area contributed by atoms with Gasteiger partial charge in [0.1, 0.15) is 0 Å². The Morgan fingerprint density at radius 2 is 1.65 bits per heavy atom. The molecule has 0 aliphatic carbocycles. The van der Waals surface area contributed by atoms with Crippen LogP contribution < -0.4 is 5.73 Å². The maximum Gasteiger partial charge on any atom is 0.253 e. The number of carbonyl (C=O) groups excluding carboxylic acids is 1.